The Kier molecular flexibility index (Phi) is 6.22. The van der Waals surface area contributed by atoms with E-state index in [0.29, 0.717) is 23.7 Å². The van der Waals surface area contributed by atoms with Crippen molar-refractivity contribution in [1.82, 2.24) is 0 Å². The molecule has 0 radical (unpaired) electrons. The number of thiocarbonyl (C=S) groups is 1. The van der Waals surface area contributed by atoms with Gasteiger partial charge in [-0.2, -0.15) is 0 Å². The third kappa shape index (κ3) is 4.70. The highest BCUT2D eigenvalue weighted by Gasteiger charge is 2.06. The minimum Gasteiger partial charge on any atom is -0.389 e. The van der Waals surface area contributed by atoms with Crippen LogP contribution in [0.3, 0.4) is 0 Å². The Morgan fingerprint density at radius 2 is 2.22 bits per heavy atom. The molecule has 0 saturated carbocycles. The van der Waals surface area contributed by atoms with E-state index in [-0.39, 0.29) is 17.4 Å². The van der Waals surface area contributed by atoms with Crippen LogP contribution in [-0.2, 0) is 11.3 Å². The first kappa shape index (κ1) is 15.1. The number of ether oxygens (including phenoxy) is 1. The van der Waals surface area contributed by atoms with Gasteiger partial charge in [-0.3, -0.25) is 0 Å². The molecule has 0 bridgehead atoms. The molecule has 18 heavy (non-hydrogen) atoms. The molecule has 2 nitrogen and oxygen atoms in total. The van der Waals surface area contributed by atoms with Gasteiger partial charge in [-0.15, -0.1) is 0 Å². The molecule has 1 rings (SSSR count). The number of halogens is 1. The van der Waals surface area contributed by atoms with Gasteiger partial charge in [0.25, 0.3) is 0 Å². The Labute approximate surface area is 113 Å². The summed E-state index contributed by atoms with van der Waals surface area (Å²) in [6.07, 6.45) is 2.27. The van der Waals surface area contributed by atoms with Crippen molar-refractivity contribution in [2.75, 3.05) is 6.61 Å². The Morgan fingerprint density at radius 1 is 1.50 bits per heavy atom. The molecule has 0 amide bonds. The van der Waals surface area contributed by atoms with Gasteiger partial charge in [-0.25, -0.2) is 4.39 Å². The maximum absolute atomic E-state index is 13.7. The zero-order valence-corrected chi connectivity index (χ0v) is 11.7. The first-order valence-electron chi connectivity index (χ1n) is 6.20. The highest BCUT2D eigenvalue weighted by atomic mass is 32.1. The molecule has 0 saturated heterocycles. The van der Waals surface area contributed by atoms with Crippen LogP contribution >= 0.6 is 12.2 Å². The number of rotatable bonds is 7. The summed E-state index contributed by atoms with van der Waals surface area (Å²) in [6, 6.07) is 4.75. The van der Waals surface area contributed by atoms with Crippen molar-refractivity contribution in [3.63, 3.8) is 0 Å². The van der Waals surface area contributed by atoms with Gasteiger partial charge in [-0.1, -0.05) is 44.6 Å². The highest BCUT2D eigenvalue weighted by Crippen LogP contribution is 2.13. The predicted molar refractivity (Wildman–Crippen MR) is 76.0 cm³/mol. The van der Waals surface area contributed by atoms with Gasteiger partial charge >= 0.3 is 0 Å². The quantitative estimate of drug-likeness (QED) is 0.770. The molecule has 1 atom stereocenters. The van der Waals surface area contributed by atoms with Gasteiger partial charge in [-0.05, 0) is 18.4 Å². The molecule has 0 aliphatic rings. The normalized spacial score (nSPS) is 12.4. The second-order valence-electron chi connectivity index (χ2n) is 4.58. The summed E-state index contributed by atoms with van der Waals surface area (Å²) in [5, 5.41) is 0. The number of hydrogen-bond donors (Lipinski definition) is 1. The van der Waals surface area contributed by atoms with Crippen LogP contribution in [0.25, 0.3) is 0 Å². The lowest BCUT2D eigenvalue weighted by molar-refractivity contribution is 0.0874. The average Bonchev–Trinajstić information content (AvgIpc) is 2.31. The van der Waals surface area contributed by atoms with E-state index in [0.717, 1.165) is 12.8 Å². The van der Waals surface area contributed by atoms with E-state index in [9.17, 15) is 4.39 Å². The molecule has 0 spiro atoms. The Bertz CT molecular complexity index is 409. The smallest absolute Gasteiger partial charge is 0.129 e. The van der Waals surface area contributed by atoms with E-state index in [1.54, 1.807) is 12.1 Å². The lowest BCUT2D eigenvalue weighted by atomic mass is 10.1. The van der Waals surface area contributed by atoms with Crippen molar-refractivity contribution in [3.8, 4) is 0 Å². The van der Waals surface area contributed by atoms with E-state index in [4.69, 9.17) is 22.7 Å². The molecule has 1 aromatic carbocycles. The predicted octanol–water partition coefficient (Wildman–Crippen LogP) is 3.41. The van der Waals surface area contributed by atoms with Crippen LogP contribution in [0.2, 0.25) is 0 Å². The molecule has 2 N–H and O–H groups in total. The van der Waals surface area contributed by atoms with Gasteiger partial charge in [0.1, 0.15) is 10.8 Å². The molecule has 0 heterocycles. The second kappa shape index (κ2) is 7.44. The van der Waals surface area contributed by atoms with Crippen molar-refractivity contribution in [2.24, 2.45) is 11.7 Å². The maximum atomic E-state index is 13.7. The fourth-order valence-corrected chi connectivity index (χ4v) is 1.89. The molecule has 0 aliphatic heterocycles. The summed E-state index contributed by atoms with van der Waals surface area (Å²) in [7, 11) is 0. The topological polar surface area (TPSA) is 35.2 Å². The summed E-state index contributed by atoms with van der Waals surface area (Å²) >= 11 is 4.80. The molecule has 100 valence electrons. The summed E-state index contributed by atoms with van der Waals surface area (Å²) in [5.74, 6) is 0.192. The minimum absolute atomic E-state index is 0.206. The summed E-state index contributed by atoms with van der Waals surface area (Å²) < 4.78 is 19.2. The van der Waals surface area contributed by atoms with E-state index in [1.165, 1.54) is 6.07 Å². The summed E-state index contributed by atoms with van der Waals surface area (Å²) in [5.41, 5.74) is 6.53. The van der Waals surface area contributed by atoms with E-state index in [1.807, 2.05) is 0 Å². The lowest BCUT2D eigenvalue weighted by Gasteiger charge is -2.11. The largest absolute Gasteiger partial charge is 0.389 e. The summed E-state index contributed by atoms with van der Waals surface area (Å²) in [6.45, 7) is 5.22. The minimum atomic E-state index is -0.316. The van der Waals surface area contributed by atoms with E-state index < -0.39 is 0 Å². The maximum Gasteiger partial charge on any atom is 0.129 e. The molecule has 0 fully saturated rings. The van der Waals surface area contributed by atoms with Crippen LogP contribution in [0.5, 0.6) is 0 Å². The Morgan fingerprint density at radius 3 is 2.78 bits per heavy atom. The zero-order chi connectivity index (χ0) is 13.5. The van der Waals surface area contributed by atoms with Crippen molar-refractivity contribution in [2.45, 2.75) is 33.3 Å². The molecule has 1 unspecified atom stereocenters. The third-order valence-corrected chi connectivity index (χ3v) is 3.01. The molecule has 0 aliphatic carbocycles. The van der Waals surface area contributed by atoms with Gasteiger partial charge in [0, 0.05) is 17.7 Å². The van der Waals surface area contributed by atoms with Crippen LogP contribution in [-0.4, -0.2) is 11.6 Å². The lowest BCUT2D eigenvalue weighted by Crippen LogP contribution is -2.11. The zero-order valence-electron chi connectivity index (χ0n) is 10.9. The second-order valence-corrected chi connectivity index (χ2v) is 5.02. The van der Waals surface area contributed by atoms with Crippen LogP contribution in [0.1, 0.15) is 37.8 Å². The van der Waals surface area contributed by atoms with E-state index >= 15 is 0 Å². The molecule has 1 aromatic rings. The van der Waals surface area contributed by atoms with Gasteiger partial charge < -0.3 is 10.5 Å². The fourth-order valence-electron chi connectivity index (χ4n) is 1.76. The van der Waals surface area contributed by atoms with Crippen LogP contribution < -0.4 is 5.73 Å². The van der Waals surface area contributed by atoms with Crippen LogP contribution in [0.4, 0.5) is 4.39 Å². The van der Waals surface area contributed by atoms with Gasteiger partial charge in [0.05, 0.1) is 6.61 Å². The first-order chi connectivity index (χ1) is 8.54. The van der Waals surface area contributed by atoms with Gasteiger partial charge in [0.15, 0.2) is 0 Å². The van der Waals surface area contributed by atoms with Gasteiger partial charge in [0.2, 0.25) is 0 Å². The van der Waals surface area contributed by atoms with Crippen LogP contribution in [0.15, 0.2) is 18.2 Å². The first-order valence-corrected chi connectivity index (χ1v) is 6.61. The number of benzene rings is 1. The molecule has 0 aromatic heterocycles. The third-order valence-electron chi connectivity index (χ3n) is 2.78. The molecular formula is C14H20FNOS. The standard InChI is InChI=1S/C14H20FNOS/c1-3-4-10(2)8-17-9-12-6-5-11(14(16)18)7-13(12)15/h5-7,10H,3-4,8-9H2,1-2H3,(H2,16,18). The number of nitrogens with two attached hydrogens (primary N) is 1. The van der Waals surface area contributed by atoms with E-state index in [2.05, 4.69) is 13.8 Å². The Hall–Kier alpha value is -1.00. The Balaban J connectivity index is 2.50. The van der Waals surface area contributed by atoms with Crippen molar-refractivity contribution in [1.29, 1.82) is 0 Å². The molecule has 4 heteroatoms. The van der Waals surface area contributed by atoms with Crippen LogP contribution in [0, 0.1) is 11.7 Å². The number of hydrogen-bond acceptors (Lipinski definition) is 2. The fraction of sp³-hybridized carbons (Fsp3) is 0.500. The average molecular weight is 269 g/mol. The SMILES string of the molecule is CCCC(C)COCc1ccc(C(N)=S)cc1F. The monoisotopic (exact) mass is 269 g/mol. The van der Waals surface area contributed by atoms with Crippen molar-refractivity contribution < 1.29 is 9.13 Å². The highest BCUT2D eigenvalue weighted by molar-refractivity contribution is 7.80. The molecular weight excluding hydrogens is 249 g/mol. The van der Waals surface area contributed by atoms with Crippen molar-refractivity contribution in [3.05, 3.63) is 35.1 Å². The summed E-state index contributed by atoms with van der Waals surface area (Å²) in [4.78, 5) is 0.206. The van der Waals surface area contributed by atoms with Crippen molar-refractivity contribution >= 4 is 17.2 Å².